The van der Waals surface area contributed by atoms with Gasteiger partial charge in [-0.3, -0.25) is 9.59 Å². The SMILES string of the molecule is Cc1c(-c2ccccc2)oc2c(C(=O)O[C@H](C)C(=O)c3ccc(F)cc3)cccc2c1=O. The summed E-state index contributed by atoms with van der Waals surface area (Å²) >= 11 is 0. The van der Waals surface area contributed by atoms with E-state index in [4.69, 9.17) is 9.15 Å². The van der Waals surface area contributed by atoms with Gasteiger partial charge in [-0.25, -0.2) is 9.18 Å². The van der Waals surface area contributed by atoms with Crippen molar-refractivity contribution >= 4 is 22.7 Å². The van der Waals surface area contributed by atoms with Crippen LogP contribution in [0.2, 0.25) is 0 Å². The van der Waals surface area contributed by atoms with Crippen LogP contribution in [0, 0.1) is 12.7 Å². The van der Waals surface area contributed by atoms with Gasteiger partial charge in [-0.15, -0.1) is 0 Å². The van der Waals surface area contributed by atoms with E-state index in [0.717, 1.165) is 12.1 Å². The van der Waals surface area contributed by atoms with Crippen LogP contribution >= 0.6 is 0 Å². The summed E-state index contributed by atoms with van der Waals surface area (Å²) in [6, 6.07) is 18.7. The van der Waals surface area contributed by atoms with Crippen molar-refractivity contribution in [1.82, 2.24) is 0 Å². The van der Waals surface area contributed by atoms with Crippen LogP contribution in [0.4, 0.5) is 4.39 Å². The number of para-hydroxylation sites is 1. The fourth-order valence-electron chi connectivity index (χ4n) is 3.46. The van der Waals surface area contributed by atoms with Crippen LogP contribution in [-0.2, 0) is 4.74 Å². The van der Waals surface area contributed by atoms with Crippen molar-refractivity contribution < 1.29 is 23.1 Å². The zero-order valence-corrected chi connectivity index (χ0v) is 17.4. The number of Topliss-reactive ketones (excluding diaryl/α,β-unsaturated/α-hetero) is 1. The molecular weight excluding hydrogens is 411 g/mol. The van der Waals surface area contributed by atoms with E-state index in [9.17, 15) is 18.8 Å². The molecule has 0 unspecified atom stereocenters. The smallest absolute Gasteiger partial charge is 0.342 e. The van der Waals surface area contributed by atoms with Crippen LogP contribution in [0.1, 0.15) is 33.2 Å². The lowest BCUT2D eigenvalue weighted by atomic mass is 10.0. The zero-order valence-electron chi connectivity index (χ0n) is 17.4. The molecule has 0 aliphatic heterocycles. The van der Waals surface area contributed by atoms with Crippen molar-refractivity contribution in [2.45, 2.75) is 20.0 Å². The first-order chi connectivity index (χ1) is 15.4. The predicted octanol–water partition coefficient (Wildman–Crippen LogP) is 5.34. The van der Waals surface area contributed by atoms with Crippen LogP contribution in [0.5, 0.6) is 0 Å². The molecule has 0 aliphatic carbocycles. The predicted molar refractivity (Wildman–Crippen MR) is 118 cm³/mol. The lowest BCUT2D eigenvalue weighted by molar-refractivity contribution is 0.0319. The monoisotopic (exact) mass is 430 g/mol. The van der Waals surface area contributed by atoms with Crippen LogP contribution in [0.25, 0.3) is 22.3 Å². The first-order valence-corrected chi connectivity index (χ1v) is 9.99. The van der Waals surface area contributed by atoms with Crippen molar-refractivity contribution in [2.24, 2.45) is 0 Å². The van der Waals surface area contributed by atoms with Gasteiger partial charge in [0.05, 0.1) is 5.39 Å². The second-order valence-electron chi connectivity index (χ2n) is 7.35. The third kappa shape index (κ3) is 3.95. The van der Waals surface area contributed by atoms with E-state index in [0.29, 0.717) is 16.9 Å². The molecule has 4 rings (SSSR count). The Labute approximate surface area is 183 Å². The highest BCUT2D eigenvalue weighted by Gasteiger charge is 2.24. The van der Waals surface area contributed by atoms with Gasteiger partial charge in [0, 0.05) is 16.7 Å². The molecule has 6 heteroatoms. The molecule has 0 amide bonds. The zero-order chi connectivity index (χ0) is 22.8. The summed E-state index contributed by atoms with van der Waals surface area (Å²) in [5.41, 5.74) is 1.22. The molecule has 1 heterocycles. The van der Waals surface area contributed by atoms with Crippen molar-refractivity contribution in [2.75, 3.05) is 0 Å². The number of ketones is 1. The lowest BCUT2D eigenvalue weighted by Gasteiger charge is -2.14. The van der Waals surface area contributed by atoms with Gasteiger partial charge in [-0.1, -0.05) is 36.4 Å². The summed E-state index contributed by atoms with van der Waals surface area (Å²) < 4.78 is 24.5. The first-order valence-electron chi connectivity index (χ1n) is 9.99. The highest BCUT2D eigenvalue weighted by Crippen LogP contribution is 2.27. The Bertz CT molecular complexity index is 1370. The van der Waals surface area contributed by atoms with Gasteiger partial charge in [-0.2, -0.15) is 0 Å². The van der Waals surface area contributed by atoms with E-state index in [1.165, 1.54) is 25.1 Å². The standard InChI is InChI=1S/C26H19FO5/c1-15-22(28)20-9-6-10-21(25(20)32-24(15)18-7-4-3-5-8-18)26(30)31-16(2)23(29)17-11-13-19(27)14-12-17/h3-14,16H,1-2H3/t16-/m1/s1. The summed E-state index contributed by atoms with van der Waals surface area (Å²) in [6.45, 7) is 3.10. The first kappa shape index (κ1) is 21.2. The number of rotatable bonds is 5. The molecule has 0 fully saturated rings. The topological polar surface area (TPSA) is 73.6 Å². The molecular formula is C26H19FO5. The fraction of sp³-hybridized carbons (Fsp3) is 0.115. The number of hydrogen-bond donors (Lipinski definition) is 0. The van der Waals surface area contributed by atoms with Crippen molar-refractivity contribution in [3.8, 4) is 11.3 Å². The summed E-state index contributed by atoms with van der Waals surface area (Å²) in [5, 5.41) is 0.245. The maximum Gasteiger partial charge on any atom is 0.342 e. The Morgan fingerprint density at radius 1 is 0.938 bits per heavy atom. The number of benzene rings is 3. The second kappa shape index (κ2) is 8.59. The number of fused-ring (bicyclic) bond motifs is 1. The molecule has 0 saturated heterocycles. The minimum absolute atomic E-state index is 0.0375. The molecule has 0 radical (unpaired) electrons. The fourth-order valence-corrected chi connectivity index (χ4v) is 3.46. The Morgan fingerprint density at radius 3 is 2.31 bits per heavy atom. The average molecular weight is 430 g/mol. The van der Waals surface area contributed by atoms with Crippen molar-refractivity contribution in [3.63, 3.8) is 0 Å². The van der Waals surface area contributed by atoms with E-state index in [-0.39, 0.29) is 27.5 Å². The van der Waals surface area contributed by atoms with Crippen LogP contribution in [-0.4, -0.2) is 17.9 Å². The number of ether oxygens (including phenoxy) is 1. The van der Waals surface area contributed by atoms with Gasteiger partial charge in [0.15, 0.2) is 17.1 Å². The van der Waals surface area contributed by atoms with E-state index < -0.39 is 23.7 Å². The molecule has 1 aromatic heterocycles. The molecule has 0 N–H and O–H groups in total. The van der Waals surface area contributed by atoms with Crippen LogP contribution in [0.3, 0.4) is 0 Å². The normalized spacial score (nSPS) is 11.8. The van der Waals surface area contributed by atoms with Gasteiger partial charge in [0.25, 0.3) is 0 Å². The van der Waals surface area contributed by atoms with Crippen LogP contribution < -0.4 is 5.43 Å². The van der Waals surface area contributed by atoms with Crippen molar-refractivity contribution in [3.05, 3.63) is 106 Å². The van der Waals surface area contributed by atoms with Crippen LogP contribution in [0.15, 0.2) is 82.0 Å². The van der Waals surface area contributed by atoms with Gasteiger partial charge in [0.1, 0.15) is 17.1 Å². The molecule has 0 bridgehead atoms. The number of halogens is 1. The second-order valence-corrected chi connectivity index (χ2v) is 7.35. The summed E-state index contributed by atoms with van der Waals surface area (Å²) in [5.74, 6) is -1.38. The van der Waals surface area contributed by atoms with E-state index >= 15 is 0 Å². The molecule has 0 saturated carbocycles. The van der Waals surface area contributed by atoms with Crippen molar-refractivity contribution in [1.29, 1.82) is 0 Å². The Hall–Kier alpha value is -4.06. The molecule has 0 spiro atoms. The summed E-state index contributed by atoms with van der Waals surface area (Å²) in [7, 11) is 0. The maximum atomic E-state index is 13.1. The van der Waals surface area contributed by atoms with Gasteiger partial charge in [-0.05, 0) is 50.2 Å². The average Bonchev–Trinajstić information content (AvgIpc) is 2.81. The summed E-state index contributed by atoms with van der Waals surface area (Å²) in [4.78, 5) is 38.4. The van der Waals surface area contributed by atoms with Gasteiger partial charge >= 0.3 is 5.97 Å². The lowest BCUT2D eigenvalue weighted by Crippen LogP contribution is -2.24. The number of hydrogen-bond acceptors (Lipinski definition) is 5. The van der Waals surface area contributed by atoms with E-state index in [1.807, 2.05) is 30.3 Å². The Morgan fingerprint density at radius 2 is 1.62 bits per heavy atom. The molecule has 0 aliphatic rings. The molecule has 3 aromatic carbocycles. The third-order valence-electron chi connectivity index (χ3n) is 5.18. The number of carbonyl (C=O) groups excluding carboxylic acids is 2. The molecule has 1 atom stereocenters. The largest absolute Gasteiger partial charge is 0.455 e. The Balaban J connectivity index is 1.71. The highest BCUT2D eigenvalue weighted by molar-refractivity contribution is 6.05. The molecule has 4 aromatic rings. The minimum atomic E-state index is -1.12. The molecule has 160 valence electrons. The number of esters is 1. The summed E-state index contributed by atoms with van der Waals surface area (Å²) in [6.07, 6.45) is -1.12. The molecule has 5 nitrogen and oxygen atoms in total. The maximum absolute atomic E-state index is 13.1. The quantitative estimate of drug-likeness (QED) is 0.316. The Kier molecular flexibility index (Phi) is 5.69. The van der Waals surface area contributed by atoms with E-state index in [1.54, 1.807) is 19.1 Å². The minimum Gasteiger partial charge on any atom is -0.455 e. The van der Waals surface area contributed by atoms with Gasteiger partial charge in [0.2, 0.25) is 5.78 Å². The van der Waals surface area contributed by atoms with E-state index in [2.05, 4.69) is 0 Å². The number of carbonyl (C=O) groups is 2. The van der Waals surface area contributed by atoms with Gasteiger partial charge < -0.3 is 9.15 Å². The highest BCUT2D eigenvalue weighted by atomic mass is 19.1. The third-order valence-corrected chi connectivity index (χ3v) is 5.18. The molecule has 32 heavy (non-hydrogen) atoms.